The molecule has 3 fully saturated rings. The van der Waals surface area contributed by atoms with Crippen LogP contribution in [0.2, 0.25) is 0 Å². The van der Waals surface area contributed by atoms with E-state index in [9.17, 15) is 15.0 Å². The molecule has 2 atom stereocenters. The van der Waals surface area contributed by atoms with Crippen molar-refractivity contribution < 1.29 is 28.8 Å². The van der Waals surface area contributed by atoms with Crippen LogP contribution in [0.3, 0.4) is 0 Å². The molecule has 5 aromatic carbocycles. The van der Waals surface area contributed by atoms with Gasteiger partial charge in [0.2, 0.25) is 5.75 Å². The molecule has 10 heteroatoms. The van der Waals surface area contributed by atoms with Gasteiger partial charge in [-0.1, -0.05) is 123 Å². The molecule has 0 radical (unpaired) electrons. The Hall–Kier alpha value is -6.75. The van der Waals surface area contributed by atoms with Gasteiger partial charge in [0.1, 0.15) is 28.3 Å². The van der Waals surface area contributed by atoms with Gasteiger partial charge in [-0.25, -0.2) is 0 Å². The summed E-state index contributed by atoms with van der Waals surface area (Å²) in [4.78, 5) is 21.2. The number of benzene rings is 5. The van der Waals surface area contributed by atoms with Gasteiger partial charge in [0.05, 0.1) is 26.4 Å². The molecule has 3 heterocycles. The largest absolute Gasteiger partial charge is 0.508 e. The second-order valence-corrected chi connectivity index (χ2v) is 20.0. The molecule has 3 aliphatic rings. The monoisotopic (exact) mass is 953 g/mol. The molecule has 10 nitrogen and oxygen atoms in total. The number of methoxy groups -OCH3 is 1. The minimum absolute atomic E-state index is 0.0808. The summed E-state index contributed by atoms with van der Waals surface area (Å²) in [6, 6.07) is 39.5. The molecule has 1 saturated heterocycles. The Morgan fingerprint density at radius 3 is 2.23 bits per heavy atom. The fraction of sp³-hybridized carbons (Fsp3) is 0.361. The van der Waals surface area contributed by atoms with Crippen molar-refractivity contribution in [3.8, 4) is 45.4 Å². The van der Waals surface area contributed by atoms with Gasteiger partial charge in [-0.15, -0.1) is 0 Å². The van der Waals surface area contributed by atoms with Crippen LogP contribution >= 0.6 is 0 Å². The third kappa shape index (κ3) is 10.1. The van der Waals surface area contributed by atoms with Crippen LogP contribution in [0, 0.1) is 5.41 Å². The van der Waals surface area contributed by atoms with Crippen LogP contribution in [0.15, 0.2) is 137 Å². The van der Waals surface area contributed by atoms with Gasteiger partial charge in [-0.3, -0.25) is 4.79 Å². The van der Waals surface area contributed by atoms with Gasteiger partial charge in [-0.05, 0) is 96.5 Å². The van der Waals surface area contributed by atoms with Crippen molar-refractivity contribution in [1.29, 1.82) is 0 Å². The van der Waals surface area contributed by atoms with Crippen LogP contribution in [0.4, 0.5) is 5.82 Å². The van der Waals surface area contributed by atoms with Crippen LogP contribution in [0.25, 0.3) is 39.5 Å². The van der Waals surface area contributed by atoms with E-state index in [2.05, 4.69) is 64.6 Å². The SMILES string of the molecule is COc1c(OCCc2ccccc2)c(CCc2cccc(-c3cc([C@@]4(C)CCCC45CCCC5)[nH]c3N3CCNCC3)c2)c2oc(-c3ccc(O)cc3)cc(=O)c2c1OCC[C@@H](O)/C=C/c1ccccc1. The smallest absolute Gasteiger partial charge is 0.204 e. The summed E-state index contributed by atoms with van der Waals surface area (Å²) in [5.41, 5.74) is 8.84. The van der Waals surface area contributed by atoms with E-state index >= 15 is 0 Å². The standard InChI is InChI=1S/C61H67N3O7/c1-60(29-12-32-61(60)30-9-10-31-61)53-40-50(59(63-53)64-35-33-62-34-36-64)46-18-11-17-44(39-46)20-26-49-55-54(51(67)41-52(71-55)45-21-24-47(65)25-22-45)57(70-38-28-48(66)23-19-42-13-5-3-6-14-42)58(68-2)56(49)69-37-27-43-15-7-4-8-16-43/h3-8,11,13-19,21-25,39-41,48,62-63,65-66H,9-10,12,20,26-38H2,1-2H3/b23-19+/t48-,60+/m0/s1. The first kappa shape index (κ1) is 47.9. The van der Waals surface area contributed by atoms with Crippen LogP contribution in [0.1, 0.15) is 86.2 Å². The molecule has 0 amide bonds. The summed E-state index contributed by atoms with van der Waals surface area (Å²) in [6.07, 6.45) is 13.8. The number of aromatic amines is 1. The maximum Gasteiger partial charge on any atom is 0.204 e. The Morgan fingerprint density at radius 2 is 1.46 bits per heavy atom. The molecular formula is C61H67N3O7. The van der Waals surface area contributed by atoms with Crippen molar-refractivity contribution in [2.75, 3.05) is 51.4 Å². The number of phenols is 1. The third-order valence-electron chi connectivity index (χ3n) is 15.7. The maximum atomic E-state index is 14.6. The summed E-state index contributed by atoms with van der Waals surface area (Å²) in [7, 11) is 1.57. The molecule has 1 spiro atoms. The number of anilines is 1. The molecule has 71 heavy (non-hydrogen) atoms. The lowest BCUT2D eigenvalue weighted by atomic mass is 9.64. The van der Waals surface area contributed by atoms with Crippen LogP contribution in [-0.2, 0) is 24.7 Å². The number of nitrogens with one attached hydrogen (secondary N) is 2. The molecule has 10 rings (SSSR count). The quantitative estimate of drug-likeness (QED) is 0.0664. The zero-order chi connectivity index (χ0) is 48.8. The lowest BCUT2D eigenvalue weighted by Crippen LogP contribution is -2.44. The Bertz CT molecular complexity index is 3000. The average molecular weight is 954 g/mol. The van der Waals surface area contributed by atoms with Crippen LogP contribution in [-0.4, -0.2) is 67.8 Å². The second kappa shape index (κ2) is 21.3. The van der Waals surface area contributed by atoms with Crippen molar-refractivity contribution >= 4 is 22.9 Å². The number of aliphatic hydroxyl groups excluding tert-OH is 1. The van der Waals surface area contributed by atoms with E-state index in [0.29, 0.717) is 65.3 Å². The summed E-state index contributed by atoms with van der Waals surface area (Å²) in [5.74, 6) is 2.61. The number of aliphatic hydroxyl groups is 1. The normalized spacial score (nSPS) is 18.2. The van der Waals surface area contributed by atoms with Crippen LogP contribution < -0.4 is 29.9 Å². The molecule has 4 N–H and O–H groups in total. The molecule has 0 unspecified atom stereocenters. The molecule has 368 valence electrons. The van der Waals surface area contributed by atoms with Crippen molar-refractivity contribution in [2.24, 2.45) is 5.41 Å². The second-order valence-electron chi connectivity index (χ2n) is 20.0. The van der Waals surface area contributed by atoms with Gasteiger partial charge >= 0.3 is 0 Å². The Balaban J connectivity index is 1.03. The number of hydrogen-bond donors (Lipinski definition) is 4. The van der Waals surface area contributed by atoms with E-state index in [0.717, 1.165) is 42.9 Å². The number of fused-ring (bicyclic) bond motifs is 1. The van der Waals surface area contributed by atoms with Gasteiger partial charge in [0.15, 0.2) is 16.9 Å². The van der Waals surface area contributed by atoms with E-state index < -0.39 is 6.10 Å². The number of aryl methyl sites for hydroxylation is 2. The fourth-order valence-electron chi connectivity index (χ4n) is 11.8. The summed E-state index contributed by atoms with van der Waals surface area (Å²) >= 11 is 0. The molecular weight excluding hydrogens is 887 g/mol. The van der Waals surface area contributed by atoms with E-state index in [1.54, 1.807) is 37.5 Å². The number of rotatable bonds is 18. The molecule has 2 saturated carbocycles. The van der Waals surface area contributed by atoms with E-state index in [-0.39, 0.29) is 40.8 Å². The highest BCUT2D eigenvalue weighted by atomic mass is 16.5. The number of hydrogen-bond acceptors (Lipinski definition) is 9. The van der Waals surface area contributed by atoms with E-state index in [4.69, 9.17) is 18.6 Å². The van der Waals surface area contributed by atoms with E-state index in [1.807, 2.05) is 54.6 Å². The zero-order valence-corrected chi connectivity index (χ0v) is 41.2. The molecule has 2 aliphatic carbocycles. The topological polar surface area (TPSA) is 129 Å². The average Bonchev–Trinajstić information content (AvgIpc) is 4.16. The van der Waals surface area contributed by atoms with Crippen molar-refractivity contribution in [2.45, 2.75) is 89.1 Å². The summed E-state index contributed by atoms with van der Waals surface area (Å²) < 4.78 is 26.4. The zero-order valence-electron chi connectivity index (χ0n) is 41.2. The van der Waals surface area contributed by atoms with Gasteiger partial charge in [0, 0.05) is 72.9 Å². The third-order valence-corrected chi connectivity index (χ3v) is 15.7. The number of aromatic nitrogens is 1. The number of nitrogens with zero attached hydrogens (tertiary/aromatic N) is 1. The molecule has 7 aromatic rings. The number of ether oxygens (including phenoxy) is 3. The predicted molar refractivity (Wildman–Crippen MR) is 284 cm³/mol. The van der Waals surface area contributed by atoms with E-state index in [1.165, 1.54) is 73.7 Å². The Labute approximate surface area is 417 Å². The lowest BCUT2D eigenvalue weighted by molar-refractivity contribution is 0.173. The summed E-state index contributed by atoms with van der Waals surface area (Å²) in [5, 5.41) is 25.0. The first-order valence-corrected chi connectivity index (χ1v) is 25.7. The highest BCUT2D eigenvalue weighted by Gasteiger charge is 2.54. The van der Waals surface area contributed by atoms with Gasteiger partial charge < -0.3 is 44.0 Å². The highest BCUT2D eigenvalue weighted by Crippen LogP contribution is 2.62. The lowest BCUT2D eigenvalue weighted by Gasteiger charge is -2.41. The number of piperazine rings is 1. The van der Waals surface area contributed by atoms with Gasteiger partial charge in [0.25, 0.3) is 0 Å². The summed E-state index contributed by atoms with van der Waals surface area (Å²) in [6.45, 7) is 6.72. The first-order valence-electron chi connectivity index (χ1n) is 25.7. The maximum absolute atomic E-state index is 14.6. The minimum Gasteiger partial charge on any atom is -0.508 e. The molecule has 0 bridgehead atoms. The Morgan fingerprint density at radius 1 is 0.746 bits per heavy atom. The fourth-order valence-corrected chi connectivity index (χ4v) is 11.8. The van der Waals surface area contributed by atoms with Crippen molar-refractivity contribution in [3.63, 3.8) is 0 Å². The number of H-pyrrole nitrogens is 1. The molecule has 2 aromatic heterocycles. The Kier molecular flexibility index (Phi) is 14.4. The number of aromatic hydroxyl groups is 1. The minimum atomic E-state index is -0.804. The molecule has 1 aliphatic heterocycles. The van der Waals surface area contributed by atoms with Crippen molar-refractivity contribution in [1.82, 2.24) is 10.3 Å². The van der Waals surface area contributed by atoms with Crippen molar-refractivity contribution in [3.05, 3.63) is 166 Å². The van der Waals surface area contributed by atoms with Gasteiger partial charge in [-0.2, -0.15) is 0 Å². The number of phenolic OH excluding ortho intramolecular Hbond substituents is 1. The predicted octanol–water partition coefficient (Wildman–Crippen LogP) is 11.8. The van der Waals surface area contributed by atoms with Crippen LogP contribution in [0.5, 0.6) is 23.0 Å². The first-order chi connectivity index (χ1) is 34.7. The highest BCUT2D eigenvalue weighted by molar-refractivity contribution is 5.93.